The quantitative estimate of drug-likeness (QED) is 0.164. The van der Waals surface area contributed by atoms with Crippen molar-refractivity contribution < 1.29 is 24.2 Å². The first-order valence-corrected chi connectivity index (χ1v) is 18.2. The van der Waals surface area contributed by atoms with E-state index in [-0.39, 0.29) is 30.0 Å². The lowest BCUT2D eigenvalue weighted by molar-refractivity contribution is -0.148. The number of methoxy groups -OCH3 is 2. The first kappa shape index (κ1) is 33.9. The topological polar surface area (TPSA) is 126 Å². The second-order valence-corrected chi connectivity index (χ2v) is 14.6. The number of ether oxygens (including phenoxy) is 2. The normalized spacial score (nSPS) is 21.3. The van der Waals surface area contributed by atoms with Crippen LogP contribution in [0.2, 0.25) is 10.0 Å². The highest BCUT2D eigenvalue weighted by Gasteiger charge is 2.41. The number of carboxylic acids is 1. The molecule has 8 rings (SSSR count). The summed E-state index contributed by atoms with van der Waals surface area (Å²) in [6, 6.07) is 16.3. The fraction of sp³-hybridized carbons (Fsp3) is 0.385. The maximum atomic E-state index is 11.7. The lowest BCUT2D eigenvalue weighted by atomic mass is 9.95. The number of carboxylic acid groups (broad SMARTS) is 1. The Bertz CT molecular complexity index is 2050. The van der Waals surface area contributed by atoms with Gasteiger partial charge in [-0.05, 0) is 55.4 Å². The van der Waals surface area contributed by atoms with Crippen molar-refractivity contribution >= 4 is 35.1 Å². The van der Waals surface area contributed by atoms with Crippen LogP contribution in [0.4, 0.5) is 0 Å². The van der Waals surface area contributed by atoms with Gasteiger partial charge < -0.3 is 25.2 Å². The van der Waals surface area contributed by atoms with Crippen molar-refractivity contribution in [1.29, 1.82) is 0 Å². The minimum Gasteiger partial charge on any atom is -0.481 e. The number of hydrogen-bond donors (Lipinski definition) is 3. The van der Waals surface area contributed by atoms with E-state index in [4.69, 9.17) is 42.6 Å². The molecule has 0 spiro atoms. The van der Waals surface area contributed by atoms with Crippen molar-refractivity contribution in [3.8, 4) is 45.4 Å². The molecule has 2 saturated heterocycles. The molecule has 10 nitrogen and oxygen atoms in total. The van der Waals surface area contributed by atoms with Gasteiger partial charge in [0, 0.05) is 77.6 Å². The maximum absolute atomic E-state index is 11.7. The summed E-state index contributed by atoms with van der Waals surface area (Å²) in [6.07, 6.45) is 4.95. The van der Waals surface area contributed by atoms with Gasteiger partial charge in [0.05, 0.1) is 41.6 Å². The zero-order chi connectivity index (χ0) is 35.4. The van der Waals surface area contributed by atoms with Crippen LogP contribution < -0.4 is 20.1 Å². The summed E-state index contributed by atoms with van der Waals surface area (Å²) >= 11 is 14.4. The predicted molar refractivity (Wildman–Crippen MR) is 195 cm³/mol. The summed E-state index contributed by atoms with van der Waals surface area (Å²) in [5.74, 6) is 0.158. The van der Waals surface area contributed by atoms with Crippen LogP contribution in [-0.4, -0.2) is 71.7 Å². The van der Waals surface area contributed by atoms with E-state index in [1.54, 1.807) is 14.2 Å². The van der Waals surface area contributed by atoms with E-state index in [0.717, 1.165) is 76.7 Å². The number of aryl methyl sites for hydroxylation is 2. The number of carbonyl (C=O) groups excluding carboxylic acids is 1. The molecule has 4 aromatic rings. The van der Waals surface area contributed by atoms with Crippen LogP contribution in [0.25, 0.3) is 33.6 Å². The van der Waals surface area contributed by atoms with Gasteiger partial charge in [0.1, 0.15) is 0 Å². The number of nitrogens with one attached hydrogen (secondary N) is 2. The number of likely N-dealkylation sites (tertiary alicyclic amines) is 1. The molecular weight excluding hydrogens is 689 g/mol. The molecule has 2 aromatic heterocycles. The third-order valence-corrected chi connectivity index (χ3v) is 11.7. The zero-order valence-electron chi connectivity index (χ0n) is 28.5. The Morgan fingerprint density at radius 1 is 0.863 bits per heavy atom. The first-order chi connectivity index (χ1) is 24.7. The van der Waals surface area contributed by atoms with Crippen molar-refractivity contribution in [2.75, 3.05) is 33.9 Å². The summed E-state index contributed by atoms with van der Waals surface area (Å²) in [5.41, 5.74) is 8.94. The number of hydrogen-bond acceptors (Lipinski definition) is 8. The molecule has 0 saturated carbocycles. The summed E-state index contributed by atoms with van der Waals surface area (Å²) in [7, 11) is 3.27. The van der Waals surface area contributed by atoms with E-state index in [9.17, 15) is 14.7 Å². The minimum absolute atomic E-state index is 0.0882. The molecule has 2 aliphatic heterocycles. The standard InChI is InChI=1S/C39H39Cl2N5O5/c1-50-37-33-20(9-12-28(33)42-17-23-11-14-32(47)43-23)15-29(44-37)26-7-3-5-24(35(26)40)25-6-4-8-27(36(25)41)30-16-21-10-13-31(34(21)38(45-30)51-2)46-18-22(19-46)39(48)49/h3-8,15-16,22-23,28,31,42H,9-14,17-19H2,1-2H3,(H,43,47)(H,48,49). The van der Waals surface area contributed by atoms with Crippen LogP contribution in [0.3, 0.4) is 0 Å². The number of halogens is 2. The number of amides is 1. The Labute approximate surface area is 306 Å². The van der Waals surface area contributed by atoms with E-state index >= 15 is 0 Å². The molecule has 3 N–H and O–H groups in total. The second-order valence-electron chi connectivity index (χ2n) is 13.9. The van der Waals surface area contributed by atoms with Crippen LogP contribution in [-0.2, 0) is 22.4 Å². The Morgan fingerprint density at radius 3 is 2.00 bits per heavy atom. The zero-order valence-corrected chi connectivity index (χ0v) is 30.0. The molecule has 1 amide bonds. The van der Waals surface area contributed by atoms with Crippen molar-refractivity contribution in [3.63, 3.8) is 0 Å². The van der Waals surface area contributed by atoms with Gasteiger partial charge in [-0.3, -0.25) is 14.5 Å². The smallest absolute Gasteiger partial charge is 0.309 e. The molecule has 0 radical (unpaired) electrons. The van der Waals surface area contributed by atoms with Gasteiger partial charge in [-0.1, -0.05) is 59.6 Å². The van der Waals surface area contributed by atoms with Crippen LogP contribution in [0.5, 0.6) is 11.8 Å². The van der Waals surface area contributed by atoms with Gasteiger partial charge in [-0.25, -0.2) is 9.97 Å². The van der Waals surface area contributed by atoms with Gasteiger partial charge >= 0.3 is 5.97 Å². The maximum Gasteiger partial charge on any atom is 0.309 e. The lowest BCUT2D eigenvalue weighted by Crippen LogP contribution is -2.51. The molecule has 4 aliphatic rings. The molecule has 2 aliphatic carbocycles. The van der Waals surface area contributed by atoms with Crippen LogP contribution in [0.15, 0.2) is 48.5 Å². The van der Waals surface area contributed by atoms with Crippen molar-refractivity contribution in [2.45, 2.75) is 56.7 Å². The number of nitrogens with zero attached hydrogens (tertiary/aromatic N) is 3. The number of rotatable bonds is 10. The minimum atomic E-state index is -0.747. The van der Waals surface area contributed by atoms with E-state index in [1.165, 1.54) is 5.56 Å². The molecule has 4 heterocycles. The number of carbonyl (C=O) groups is 2. The van der Waals surface area contributed by atoms with Crippen molar-refractivity contribution in [1.82, 2.24) is 25.5 Å². The third kappa shape index (κ3) is 6.12. The third-order valence-electron chi connectivity index (χ3n) is 10.9. The highest BCUT2D eigenvalue weighted by atomic mass is 35.5. The molecule has 12 heteroatoms. The van der Waals surface area contributed by atoms with E-state index in [1.807, 2.05) is 36.4 Å². The van der Waals surface area contributed by atoms with Gasteiger partial charge in [0.2, 0.25) is 17.7 Å². The Kier molecular flexibility index (Phi) is 9.12. The predicted octanol–water partition coefficient (Wildman–Crippen LogP) is 6.66. The molecule has 2 aromatic carbocycles. The molecule has 264 valence electrons. The molecule has 3 atom stereocenters. The highest BCUT2D eigenvalue weighted by Crippen LogP contribution is 2.47. The highest BCUT2D eigenvalue weighted by molar-refractivity contribution is 6.39. The molecule has 2 fully saturated rings. The lowest BCUT2D eigenvalue weighted by Gasteiger charge is -2.41. The average molecular weight is 729 g/mol. The average Bonchev–Trinajstić information content (AvgIpc) is 3.84. The fourth-order valence-corrected chi connectivity index (χ4v) is 8.91. The monoisotopic (exact) mass is 727 g/mol. The Balaban J connectivity index is 1.09. The van der Waals surface area contributed by atoms with Crippen LogP contribution in [0, 0.1) is 5.92 Å². The summed E-state index contributed by atoms with van der Waals surface area (Å²) < 4.78 is 11.7. The molecule has 0 bridgehead atoms. The fourth-order valence-electron chi connectivity index (χ4n) is 8.26. The largest absolute Gasteiger partial charge is 0.481 e. The van der Waals surface area contributed by atoms with Gasteiger partial charge in [-0.15, -0.1) is 0 Å². The van der Waals surface area contributed by atoms with Gasteiger partial charge in [0.25, 0.3) is 0 Å². The van der Waals surface area contributed by atoms with Crippen molar-refractivity contribution in [3.05, 3.63) is 80.8 Å². The van der Waals surface area contributed by atoms with E-state index in [0.29, 0.717) is 53.6 Å². The SMILES string of the molecule is COc1nc(-c2cccc(-c3cccc(-c4cc5c(c(OC)n4)C(N4CC(C(=O)O)C4)CC5)c3Cl)c2Cl)cc2c1C(NCC1CCC(=O)N1)CC2. The second kappa shape index (κ2) is 13.7. The summed E-state index contributed by atoms with van der Waals surface area (Å²) in [6.45, 7) is 1.77. The summed E-state index contributed by atoms with van der Waals surface area (Å²) in [4.78, 5) is 35.2. The van der Waals surface area contributed by atoms with Crippen LogP contribution in [0.1, 0.15) is 60.0 Å². The van der Waals surface area contributed by atoms with Crippen LogP contribution >= 0.6 is 23.2 Å². The number of benzene rings is 2. The Morgan fingerprint density at radius 2 is 1.43 bits per heavy atom. The molecule has 51 heavy (non-hydrogen) atoms. The number of fused-ring (bicyclic) bond motifs is 2. The molecular formula is C39H39Cl2N5O5. The summed E-state index contributed by atoms with van der Waals surface area (Å²) in [5, 5.41) is 17.1. The van der Waals surface area contributed by atoms with Gasteiger partial charge in [-0.2, -0.15) is 0 Å². The number of aromatic nitrogens is 2. The Hall–Kier alpha value is -4.22. The first-order valence-electron chi connectivity index (χ1n) is 17.5. The van der Waals surface area contributed by atoms with Crippen molar-refractivity contribution in [2.24, 2.45) is 5.92 Å². The van der Waals surface area contributed by atoms with Gasteiger partial charge in [0.15, 0.2) is 0 Å². The number of pyridine rings is 2. The molecule has 3 unspecified atom stereocenters. The van der Waals surface area contributed by atoms with E-state index < -0.39 is 5.97 Å². The number of aliphatic carboxylic acids is 1. The van der Waals surface area contributed by atoms with E-state index in [2.05, 4.69) is 27.7 Å².